The average Bonchev–Trinajstić information content (AvgIpc) is 2.91. The van der Waals surface area contributed by atoms with E-state index in [-0.39, 0.29) is 30.6 Å². The van der Waals surface area contributed by atoms with Gasteiger partial charge in [0.2, 0.25) is 0 Å². The van der Waals surface area contributed by atoms with Crippen molar-refractivity contribution in [2.45, 2.75) is 59.8 Å². The summed E-state index contributed by atoms with van der Waals surface area (Å²) in [5.41, 5.74) is 0. The molecule has 23 heavy (non-hydrogen) atoms. The van der Waals surface area contributed by atoms with E-state index in [2.05, 4.69) is 37.9 Å². The predicted molar refractivity (Wildman–Crippen MR) is 111 cm³/mol. The van der Waals surface area contributed by atoms with Crippen LogP contribution >= 0.6 is 24.0 Å². The Morgan fingerprint density at radius 2 is 2.04 bits per heavy atom. The Labute approximate surface area is 160 Å². The minimum Gasteiger partial charge on any atom is -0.396 e. The Morgan fingerprint density at radius 3 is 2.61 bits per heavy atom. The van der Waals surface area contributed by atoms with E-state index < -0.39 is 0 Å². The van der Waals surface area contributed by atoms with Gasteiger partial charge in [0.1, 0.15) is 0 Å². The highest BCUT2D eigenvalue weighted by Crippen LogP contribution is 2.23. The normalized spacial score (nSPS) is 19.8. The molecule has 4 nitrogen and oxygen atoms in total. The number of guanidine groups is 1. The average molecular weight is 439 g/mol. The van der Waals surface area contributed by atoms with Crippen molar-refractivity contribution >= 4 is 29.9 Å². The summed E-state index contributed by atoms with van der Waals surface area (Å²) in [6.07, 6.45) is 5.79. The molecule has 1 rings (SSSR count). The zero-order chi connectivity index (χ0) is 16.4. The fourth-order valence-electron chi connectivity index (χ4n) is 3.44. The summed E-state index contributed by atoms with van der Waals surface area (Å²) in [7, 11) is 0. The van der Waals surface area contributed by atoms with Gasteiger partial charge in [-0.25, -0.2) is 0 Å². The van der Waals surface area contributed by atoms with Crippen molar-refractivity contribution in [3.63, 3.8) is 0 Å². The molecule has 1 heterocycles. The number of aliphatic hydroxyl groups excluding tert-OH is 1. The Kier molecular flexibility index (Phi) is 13.3. The third-order valence-electron chi connectivity index (χ3n) is 4.46. The highest BCUT2D eigenvalue weighted by molar-refractivity contribution is 14.0. The molecular formula is C18H38IN3O. The van der Waals surface area contributed by atoms with E-state index in [0.29, 0.717) is 5.92 Å². The Morgan fingerprint density at radius 1 is 1.30 bits per heavy atom. The molecule has 1 fully saturated rings. The Balaban J connectivity index is 0.00000484. The molecule has 0 amide bonds. The van der Waals surface area contributed by atoms with E-state index in [0.717, 1.165) is 63.2 Å². The van der Waals surface area contributed by atoms with Crippen LogP contribution in [0.4, 0.5) is 0 Å². The largest absolute Gasteiger partial charge is 0.396 e. The van der Waals surface area contributed by atoms with E-state index in [1.54, 1.807) is 0 Å². The molecule has 1 saturated heterocycles. The first-order valence-corrected chi connectivity index (χ1v) is 9.24. The number of halogens is 1. The van der Waals surface area contributed by atoms with Crippen LogP contribution in [0, 0.1) is 17.8 Å². The zero-order valence-electron chi connectivity index (χ0n) is 15.6. The topological polar surface area (TPSA) is 47.9 Å². The molecule has 0 bridgehead atoms. The third-order valence-corrected chi connectivity index (χ3v) is 4.46. The van der Waals surface area contributed by atoms with Crippen molar-refractivity contribution in [3.05, 3.63) is 0 Å². The van der Waals surface area contributed by atoms with Crippen LogP contribution in [0.2, 0.25) is 0 Å². The summed E-state index contributed by atoms with van der Waals surface area (Å²) in [5.74, 6) is 3.18. The van der Waals surface area contributed by atoms with Crippen molar-refractivity contribution in [1.29, 1.82) is 0 Å². The standard InChI is InChI=1S/C18H37N3O.HI/c1-5-7-16(9-11-22)13-20-18(19-6-2)21-10-8-17(14-21)12-15(3)4;/h15-17,22H,5-14H2,1-4H3,(H,19,20);1H. The summed E-state index contributed by atoms with van der Waals surface area (Å²) in [5, 5.41) is 12.6. The number of nitrogens with zero attached hydrogens (tertiary/aromatic N) is 2. The van der Waals surface area contributed by atoms with Gasteiger partial charge in [-0.1, -0.05) is 27.2 Å². The molecule has 0 radical (unpaired) electrons. The molecule has 2 N–H and O–H groups in total. The van der Waals surface area contributed by atoms with Crippen LogP contribution < -0.4 is 5.32 Å². The second-order valence-electron chi connectivity index (χ2n) is 7.09. The summed E-state index contributed by atoms with van der Waals surface area (Å²) in [6, 6.07) is 0. The molecule has 0 aromatic rings. The summed E-state index contributed by atoms with van der Waals surface area (Å²) < 4.78 is 0. The highest BCUT2D eigenvalue weighted by atomic mass is 127. The SMILES string of the molecule is CCCC(CCO)CN=C(NCC)N1CCC(CC(C)C)C1.I. The van der Waals surface area contributed by atoms with Crippen molar-refractivity contribution in [1.82, 2.24) is 10.2 Å². The van der Waals surface area contributed by atoms with Gasteiger partial charge in [-0.15, -0.1) is 24.0 Å². The molecule has 0 aliphatic carbocycles. The maximum atomic E-state index is 9.19. The molecule has 138 valence electrons. The van der Waals surface area contributed by atoms with Crippen molar-refractivity contribution in [3.8, 4) is 0 Å². The van der Waals surface area contributed by atoms with Crippen molar-refractivity contribution in [2.24, 2.45) is 22.7 Å². The van der Waals surface area contributed by atoms with Gasteiger partial charge in [0, 0.05) is 32.8 Å². The van der Waals surface area contributed by atoms with E-state index in [9.17, 15) is 5.11 Å². The van der Waals surface area contributed by atoms with Crippen LogP contribution in [-0.4, -0.2) is 48.8 Å². The molecule has 2 atom stereocenters. The van der Waals surface area contributed by atoms with Gasteiger partial charge in [-0.05, 0) is 50.4 Å². The number of aliphatic imine (C=N–C) groups is 1. The molecular weight excluding hydrogens is 401 g/mol. The quantitative estimate of drug-likeness (QED) is 0.327. The molecule has 1 aliphatic rings. The molecule has 0 aromatic carbocycles. The predicted octanol–water partition coefficient (Wildman–Crippen LogP) is 3.74. The van der Waals surface area contributed by atoms with Gasteiger partial charge in [0.25, 0.3) is 0 Å². The van der Waals surface area contributed by atoms with Crippen LogP contribution in [0.3, 0.4) is 0 Å². The van der Waals surface area contributed by atoms with Gasteiger partial charge in [-0.2, -0.15) is 0 Å². The maximum absolute atomic E-state index is 9.19. The van der Waals surface area contributed by atoms with Gasteiger partial charge >= 0.3 is 0 Å². The van der Waals surface area contributed by atoms with Gasteiger partial charge < -0.3 is 15.3 Å². The fourth-order valence-corrected chi connectivity index (χ4v) is 3.44. The minimum atomic E-state index is 0. The van der Waals surface area contributed by atoms with Crippen LogP contribution in [0.25, 0.3) is 0 Å². The molecule has 0 spiro atoms. The number of nitrogens with one attached hydrogen (secondary N) is 1. The molecule has 5 heteroatoms. The zero-order valence-corrected chi connectivity index (χ0v) is 17.9. The lowest BCUT2D eigenvalue weighted by atomic mass is 9.97. The molecule has 0 saturated carbocycles. The van der Waals surface area contributed by atoms with E-state index in [1.165, 1.54) is 12.8 Å². The Bertz CT molecular complexity index is 317. The number of aliphatic hydroxyl groups is 1. The summed E-state index contributed by atoms with van der Waals surface area (Å²) in [4.78, 5) is 7.30. The lowest BCUT2D eigenvalue weighted by Crippen LogP contribution is -2.40. The van der Waals surface area contributed by atoms with E-state index in [4.69, 9.17) is 4.99 Å². The monoisotopic (exact) mass is 439 g/mol. The van der Waals surface area contributed by atoms with Crippen LogP contribution in [-0.2, 0) is 0 Å². The maximum Gasteiger partial charge on any atom is 0.193 e. The Hall–Kier alpha value is -0.0400. The van der Waals surface area contributed by atoms with Gasteiger partial charge in [0.05, 0.1) is 0 Å². The van der Waals surface area contributed by atoms with Crippen LogP contribution in [0.5, 0.6) is 0 Å². The molecule has 1 aliphatic heterocycles. The number of rotatable bonds is 9. The molecule has 0 aromatic heterocycles. The van der Waals surface area contributed by atoms with Crippen LogP contribution in [0.1, 0.15) is 59.8 Å². The smallest absolute Gasteiger partial charge is 0.193 e. The van der Waals surface area contributed by atoms with Gasteiger partial charge in [-0.3, -0.25) is 4.99 Å². The first kappa shape index (κ1) is 23.0. The van der Waals surface area contributed by atoms with Crippen molar-refractivity contribution < 1.29 is 5.11 Å². The number of hydrogen-bond donors (Lipinski definition) is 2. The van der Waals surface area contributed by atoms with Crippen LogP contribution in [0.15, 0.2) is 4.99 Å². The van der Waals surface area contributed by atoms with E-state index >= 15 is 0 Å². The van der Waals surface area contributed by atoms with Gasteiger partial charge in [0.15, 0.2) is 5.96 Å². The second-order valence-corrected chi connectivity index (χ2v) is 7.09. The lowest BCUT2D eigenvalue weighted by Gasteiger charge is -2.23. The van der Waals surface area contributed by atoms with Crippen molar-refractivity contribution in [2.75, 3.05) is 32.8 Å². The van der Waals surface area contributed by atoms with E-state index in [1.807, 2.05) is 0 Å². The lowest BCUT2D eigenvalue weighted by molar-refractivity contribution is 0.253. The number of hydrogen-bond acceptors (Lipinski definition) is 2. The number of likely N-dealkylation sites (tertiary alicyclic amines) is 1. The fraction of sp³-hybridized carbons (Fsp3) is 0.944. The third kappa shape index (κ3) is 9.13. The molecule has 2 unspecified atom stereocenters. The highest BCUT2D eigenvalue weighted by Gasteiger charge is 2.25. The first-order valence-electron chi connectivity index (χ1n) is 9.24. The first-order chi connectivity index (χ1) is 10.6. The summed E-state index contributed by atoms with van der Waals surface area (Å²) >= 11 is 0. The minimum absolute atomic E-state index is 0. The summed E-state index contributed by atoms with van der Waals surface area (Å²) in [6.45, 7) is 13.3. The second kappa shape index (κ2) is 13.3.